The van der Waals surface area contributed by atoms with Crippen LogP contribution in [0, 0.1) is 11.8 Å². The molecule has 0 unspecified atom stereocenters. The predicted octanol–water partition coefficient (Wildman–Crippen LogP) is 4.08. The first kappa shape index (κ1) is 10.4. The molecule has 0 radical (unpaired) electrons. The summed E-state index contributed by atoms with van der Waals surface area (Å²) in [6.45, 7) is 0. The van der Waals surface area contributed by atoms with E-state index < -0.39 is 0 Å². The third kappa shape index (κ3) is 2.09. The zero-order valence-electron chi connectivity index (χ0n) is 7.93. The van der Waals surface area contributed by atoms with Gasteiger partial charge in [0.15, 0.2) is 0 Å². The largest absolute Gasteiger partial charge is 0.113 e. The second-order valence-corrected chi connectivity index (χ2v) is 3.75. The molecule has 0 aliphatic rings. The molecule has 0 aliphatic heterocycles. The van der Waals surface area contributed by atoms with Crippen LogP contribution in [-0.4, -0.2) is 5.88 Å². The standard InChI is InChI=1S/C13H8Cl2/c14-9-3-4-10-7-8-13(15)12-6-2-1-5-11(10)12/h1-2,5-8H,9H2. The maximum Gasteiger partial charge on any atom is 0.0839 e. The molecule has 0 atom stereocenters. The fourth-order valence-electron chi connectivity index (χ4n) is 1.50. The highest BCUT2D eigenvalue weighted by Gasteiger charge is 2.01. The Kier molecular flexibility index (Phi) is 3.16. The molecule has 0 N–H and O–H groups in total. The van der Waals surface area contributed by atoms with E-state index in [4.69, 9.17) is 23.2 Å². The van der Waals surface area contributed by atoms with Crippen LogP contribution in [0.15, 0.2) is 36.4 Å². The van der Waals surface area contributed by atoms with Crippen molar-refractivity contribution in [3.8, 4) is 11.8 Å². The van der Waals surface area contributed by atoms with E-state index in [9.17, 15) is 0 Å². The minimum atomic E-state index is 0.344. The average Bonchev–Trinajstić information content (AvgIpc) is 2.29. The molecule has 0 amide bonds. The van der Waals surface area contributed by atoms with Gasteiger partial charge >= 0.3 is 0 Å². The summed E-state index contributed by atoms with van der Waals surface area (Å²) in [5, 5.41) is 2.85. The highest BCUT2D eigenvalue weighted by atomic mass is 35.5. The van der Waals surface area contributed by atoms with Crippen molar-refractivity contribution in [3.05, 3.63) is 47.0 Å². The minimum absolute atomic E-state index is 0.344. The Morgan fingerprint density at radius 3 is 2.47 bits per heavy atom. The summed E-state index contributed by atoms with van der Waals surface area (Å²) in [4.78, 5) is 0. The molecular formula is C13H8Cl2. The van der Waals surface area contributed by atoms with Crippen LogP contribution >= 0.6 is 23.2 Å². The fourth-order valence-corrected chi connectivity index (χ4v) is 1.79. The van der Waals surface area contributed by atoms with Gasteiger partial charge in [0, 0.05) is 16.0 Å². The van der Waals surface area contributed by atoms with Gasteiger partial charge < -0.3 is 0 Å². The summed E-state index contributed by atoms with van der Waals surface area (Å²) in [7, 11) is 0. The second kappa shape index (κ2) is 4.57. The van der Waals surface area contributed by atoms with E-state index in [1.54, 1.807) is 0 Å². The van der Waals surface area contributed by atoms with Gasteiger partial charge in [-0.05, 0) is 17.5 Å². The monoisotopic (exact) mass is 234 g/mol. The number of benzene rings is 2. The number of fused-ring (bicyclic) bond motifs is 1. The van der Waals surface area contributed by atoms with Gasteiger partial charge in [0.25, 0.3) is 0 Å². The molecule has 0 saturated heterocycles. The topological polar surface area (TPSA) is 0 Å². The zero-order valence-corrected chi connectivity index (χ0v) is 9.44. The number of halogens is 2. The molecular weight excluding hydrogens is 227 g/mol. The fraction of sp³-hybridized carbons (Fsp3) is 0.0769. The summed E-state index contributed by atoms with van der Waals surface area (Å²) >= 11 is 11.6. The maximum absolute atomic E-state index is 6.09. The van der Waals surface area contributed by atoms with E-state index in [0.717, 1.165) is 21.4 Å². The van der Waals surface area contributed by atoms with Crippen molar-refractivity contribution >= 4 is 34.0 Å². The van der Waals surface area contributed by atoms with Crippen LogP contribution in [0.25, 0.3) is 10.8 Å². The minimum Gasteiger partial charge on any atom is -0.113 e. The van der Waals surface area contributed by atoms with Crippen LogP contribution in [0.3, 0.4) is 0 Å². The Morgan fingerprint density at radius 2 is 1.73 bits per heavy atom. The molecule has 0 bridgehead atoms. The van der Waals surface area contributed by atoms with Gasteiger partial charge in [0.1, 0.15) is 0 Å². The summed E-state index contributed by atoms with van der Waals surface area (Å²) in [5.41, 5.74) is 0.968. The first-order chi connectivity index (χ1) is 7.33. The summed E-state index contributed by atoms with van der Waals surface area (Å²) in [6.07, 6.45) is 0. The molecule has 0 heterocycles. The average molecular weight is 235 g/mol. The van der Waals surface area contributed by atoms with Crippen molar-refractivity contribution in [3.63, 3.8) is 0 Å². The molecule has 2 aromatic carbocycles. The van der Waals surface area contributed by atoms with E-state index in [0.29, 0.717) is 5.88 Å². The van der Waals surface area contributed by atoms with Crippen LogP contribution < -0.4 is 0 Å². The first-order valence-corrected chi connectivity index (χ1v) is 5.46. The van der Waals surface area contributed by atoms with Crippen molar-refractivity contribution in [1.82, 2.24) is 0 Å². The molecule has 0 aliphatic carbocycles. The van der Waals surface area contributed by atoms with Crippen LogP contribution in [0.1, 0.15) is 5.56 Å². The van der Waals surface area contributed by atoms with Crippen molar-refractivity contribution in [2.75, 3.05) is 5.88 Å². The SMILES string of the molecule is ClCC#Cc1ccc(Cl)c2ccccc12. The highest BCUT2D eigenvalue weighted by molar-refractivity contribution is 6.35. The van der Waals surface area contributed by atoms with Crippen molar-refractivity contribution in [2.24, 2.45) is 0 Å². The van der Waals surface area contributed by atoms with Gasteiger partial charge in [-0.1, -0.05) is 47.7 Å². The first-order valence-electron chi connectivity index (χ1n) is 4.55. The molecule has 2 rings (SSSR count). The Morgan fingerprint density at radius 1 is 1.00 bits per heavy atom. The summed E-state index contributed by atoms with van der Waals surface area (Å²) in [5.74, 6) is 6.22. The lowest BCUT2D eigenvalue weighted by Crippen LogP contribution is -1.80. The molecule has 0 fully saturated rings. The van der Waals surface area contributed by atoms with E-state index in [-0.39, 0.29) is 0 Å². The normalized spacial score (nSPS) is 9.73. The van der Waals surface area contributed by atoms with Crippen LogP contribution in [0.5, 0.6) is 0 Å². The number of hydrogen-bond donors (Lipinski definition) is 0. The van der Waals surface area contributed by atoms with Crippen LogP contribution in [0.4, 0.5) is 0 Å². The Hall–Kier alpha value is -1.16. The highest BCUT2D eigenvalue weighted by Crippen LogP contribution is 2.25. The number of alkyl halides is 1. The van der Waals surface area contributed by atoms with Crippen LogP contribution in [0.2, 0.25) is 5.02 Å². The summed E-state index contributed by atoms with van der Waals surface area (Å²) < 4.78 is 0. The van der Waals surface area contributed by atoms with Crippen molar-refractivity contribution in [2.45, 2.75) is 0 Å². The summed E-state index contributed by atoms with van der Waals surface area (Å²) in [6, 6.07) is 11.7. The van der Waals surface area contributed by atoms with E-state index in [1.165, 1.54) is 0 Å². The van der Waals surface area contributed by atoms with Gasteiger partial charge in [0.2, 0.25) is 0 Å². The molecule has 2 aromatic rings. The molecule has 0 nitrogen and oxygen atoms in total. The van der Waals surface area contributed by atoms with Gasteiger partial charge in [0.05, 0.1) is 5.88 Å². The Balaban J connectivity index is 2.72. The Labute approximate surface area is 98.8 Å². The lowest BCUT2D eigenvalue weighted by atomic mass is 10.1. The molecule has 0 spiro atoms. The molecule has 0 saturated carbocycles. The smallest absolute Gasteiger partial charge is 0.0839 e. The van der Waals surface area contributed by atoms with Gasteiger partial charge in [-0.15, -0.1) is 11.6 Å². The molecule has 0 aromatic heterocycles. The quantitative estimate of drug-likeness (QED) is 0.476. The molecule has 2 heteroatoms. The zero-order chi connectivity index (χ0) is 10.7. The second-order valence-electron chi connectivity index (χ2n) is 3.08. The lowest BCUT2D eigenvalue weighted by molar-refractivity contribution is 1.69. The van der Waals surface area contributed by atoms with E-state index in [2.05, 4.69) is 11.8 Å². The lowest BCUT2D eigenvalue weighted by Gasteiger charge is -2.02. The van der Waals surface area contributed by atoms with Crippen molar-refractivity contribution in [1.29, 1.82) is 0 Å². The number of hydrogen-bond acceptors (Lipinski definition) is 0. The van der Waals surface area contributed by atoms with Crippen LogP contribution in [-0.2, 0) is 0 Å². The Bertz CT molecular complexity index is 547. The van der Waals surface area contributed by atoms with Gasteiger partial charge in [-0.25, -0.2) is 0 Å². The van der Waals surface area contributed by atoms with Crippen molar-refractivity contribution < 1.29 is 0 Å². The third-order valence-electron chi connectivity index (χ3n) is 2.16. The van der Waals surface area contributed by atoms with E-state index in [1.807, 2.05) is 36.4 Å². The molecule has 15 heavy (non-hydrogen) atoms. The third-order valence-corrected chi connectivity index (χ3v) is 2.62. The number of rotatable bonds is 0. The maximum atomic E-state index is 6.09. The van der Waals surface area contributed by atoms with Gasteiger partial charge in [-0.3, -0.25) is 0 Å². The van der Waals surface area contributed by atoms with Gasteiger partial charge in [-0.2, -0.15) is 0 Å². The predicted molar refractivity (Wildman–Crippen MR) is 66.6 cm³/mol. The van der Waals surface area contributed by atoms with E-state index >= 15 is 0 Å². The molecule has 74 valence electrons.